The third-order valence-electron chi connectivity index (χ3n) is 7.96. The predicted octanol–water partition coefficient (Wildman–Crippen LogP) is 2.90. The molecule has 0 aromatic heterocycles. The normalized spacial score (nSPS) is 39.0. The molecule has 0 aromatic carbocycles. The van der Waals surface area contributed by atoms with Gasteiger partial charge in [-0.3, -0.25) is 19.3 Å². The summed E-state index contributed by atoms with van der Waals surface area (Å²) >= 11 is 0. The zero-order valence-electron chi connectivity index (χ0n) is 15.8. The molecule has 0 radical (unpaired) electrons. The van der Waals surface area contributed by atoms with Crippen LogP contribution in [0.3, 0.4) is 0 Å². The van der Waals surface area contributed by atoms with E-state index in [0.29, 0.717) is 17.8 Å². The number of hydrogen-bond acceptors (Lipinski definition) is 4. The Balaban J connectivity index is 1.33. The summed E-state index contributed by atoms with van der Waals surface area (Å²) in [5.41, 5.74) is -0.351. The third-order valence-corrected chi connectivity index (χ3v) is 7.96. The van der Waals surface area contributed by atoms with Crippen molar-refractivity contribution in [1.29, 1.82) is 0 Å². The number of amides is 4. The van der Waals surface area contributed by atoms with E-state index in [-0.39, 0.29) is 23.8 Å². The molecule has 0 N–H and O–H groups in total. The molecular weight excluding hydrogens is 344 g/mol. The van der Waals surface area contributed by atoms with Crippen LogP contribution >= 0.6 is 0 Å². The standard InChI is InChI=1S/C21H28N2O4/c24-17(21-9-13-6-14(10-21)8-15(7-13)11-21)12-22-18(25)19(26)23(20(22)27)16-4-2-1-3-5-16/h13-16H,1-12H2. The molecule has 5 saturated carbocycles. The van der Waals surface area contributed by atoms with Crippen LogP contribution in [0.4, 0.5) is 4.79 Å². The molecule has 0 unspecified atom stereocenters. The zero-order chi connectivity index (χ0) is 18.8. The maximum atomic E-state index is 13.3. The summed E-state index contributed by atoms with van der Waals surface area (Å²) in [6, 6.07) is -0.739. The van der Waals surface area contributed by atoms with Gasteiger partial charge in [0.15, 0.2) is 5.78 Å². The number of imide groups is 2. The summed E-state index contributed by atoms with van der Waals surface area (Å²) in [5.74, 6) is 0.372. The van der Waals surface area contributed by atoms with Crippen LogP contribution in [-0.2, 0) is 14.4 Å². The van der Waals surface area contributed by atoms with Gasteiger partial charge in [0.05, 0.1) is 6.54 Å². The lowest BCUT2D eigenvalue weighted by atomic mass is 9.48. The van der Waals surface area contributed by atoms with E-state index in [0.717, 1.165) is 61.2 Å². The Bertz CT molecular complexity index is 674. The fourth-order valence-electron chi connectivity index (χ4n) is 7.09. The Morgan fingerprint density at radius 1 is 0.852 bits per heavy atom. The second-order valence-corrected chi connectivity index (χ2v) is 9.76. The molecule has 1 heterocycles. The van der Waals surface area contributed by atoms with Crippen LogP contribution in [0.2, 0.25) is 0 Å². The summed E-state index contributed by atoms with van der Waals surface area (Å²) in [6.07, 6.45) is 11.0. The number of urea groups is 1. The fraction of sp³-hybridized carbons (Fsp3) is 0.810. The summed E-state index contributed by atoms with van der Waals surface area (Å²) in [5, 5.41) is 0. The molecule has 6 nitrogen and oxygen atoms in total. The van der Waals surface area contributed by atoms with Crippen molar-refractivity contribution in [2.24, 2.45) is 23.2 Å². The Morgan fingerprint density at radius 2 is 1.41 bits per heavy atom. The Hall–Kier alpha value is -1.72. The molecule has 5 aliphatic carbocycles. The molecule has 0 atom stereocenters. The van der Waals surface area contributed by atoms with Crippen molar-refractivity contribution in [3.05, 3.63) is 0 Å². The van der Waals surface area contributed by atoms with Gasteiger partial charge in [0.2, 0.25) is 0 Å². The molecule has 1 saturated heterocycles. The lowest BCUT2D eigenvalue weighted by molar-refractivity contribution is -0.149. The van der Waals surface area contributed by atoms with Gasteiger partial charge < -0.3 is 0 Å². The Morgan fingerprint density at radius 3 is 1.96 bits per heavy atom. The van der Waals surface area contributed by atoms with Gasteiger partial charge in [0.25, 0.3) is 0 Å². The number of Topliss-reactive ketones (excluding diaryl/α,β-unsaturated/α-hetero) is 1. The second kappa shape index (κ2) is 6.14. The van der Waals surface area contributed by atoms with Gasteiger partial charge >= 0.3 is 17.8 Å². The van der Waals surface area contributed by atoms with Crippen LogP contribution in [-0.4, -0.2) is 46.0 Å². The van der Waals surface area contributed by atoms with Gasteiger partial charge in [0, 0.05) is 11.5 Å². The van der Waals surface area contributed by atoms with Crippen LogP contribution in [0, 0.1) is 23.2 Å². The smallest absolute Gasteiger partial charge is 0.297 e. The van der Waals surface area contributed by atoms with Gasteiger partial charge in [-0.1, -0.05) is 19.3 Å². The Kier molecular flexibility index (Phi) is 3.96. The number of hydrogen-bond donors (Lipinski definition) is 0. The van der Waals surface area contributed by atoms with E-state index in [1.54, 1.807) is 0 Å². The van der Waals surface area contributed by atoms with Crippen molar-refractivity contribution >= 4 is 23.6 Å². The quantitative estimate of drug-likeness (QED) is 0.562. The fourth-order valence-corrected chi connectivity index (χ4v) is 7.09. The van der Waals surface area contributed by atoms with Crippen LogP contribution in [0.15, 0.2) is 0 Å². The molecule has 4 amide bonds. The Labute approximate surface area is 159 Å². The van der Waals surface area contributed by atoms with E-state index in [1.165, 1.54) is 19.3 Å². The number of carbonyl (C=O) groups is 4. The first kappa shape index (κ1) is 17.4. The minimum absolute atomic E-state index is 0.0154. The van der Waals surface area contributed by atoms with E-state index >= 15 is 0 Å². The topological polar surface area (TPSA) is 74.8 Å². The number of nitrogens with zero attached hydrogens (tertiary/aromatic N) is 2. The minimum atomic E-state index is -0.802. The molecule has 0 spiro atoms. The zero-order valence-corrected chi connectivity index (χ0v) is 15.8. The van der Waals surface area contributed by atoms with Gasteiger partial charge in [-0.15, -0.1) is 0 Å². The largest absolute Gasteiger partial charge is 0.334 e. The van der Waals surface area contributed by atoms with Crippen LogP contribution in [0.1, 0.15) is 70.6 Å². The highest BCUT2D eigenvalue weighted by atomic mass is 16.2. The summed E-state index contributed by atoms with van der Waals surface area (Å²) < 4.78 is 0. The molecule has 6 aliphatic rings. The highest BCUT2D eigenvalue weighted by molar-refractivity contribution is 6.45. The van der Waals surface area contributed by atoms with Crippen molar-refractivity contribution in [3.8, 4) is 0 Å². The molecule has 6 rings (SSSR count). The van der Waals surface area contributed by atoms with Gasteiger partial charge in [-0.05, 0) is 69.1 Å². The van der Waals surface area contributed by atoms with E-state index in [2.05, 4.69) is 0 Å². The highest BCUT2D eigenvalue weighted by Crippen LogP contribution is 2.60. The minimum Gasteiger partial charge on any atom is -0.297 e. The van der Waals surface area contributed by atoms with Gasteiger partial charge in [0.1, 0.15) is 0 Å². The first-order chi connectivity index (χ1) is 13.0. The van der Waals surface area contributed by atoms with Gasteiger partial charge in [-0.25, -0.2) is 9.69 Å². The van der Waals surface area contributed by atoms with E-state index in [9.17, 15) is 19.2 Å². The molecule has 6 heteroatoms. The average molecular weight is 372 g/mol. The lowest BCUT2D eigenvalue weighted by Crippen LogP contribution is -2.53. The number of rotatable bonds is 4. The van der Waals surface area contributed by atoms with Crippen LogP contribution < -0.4 is 0 Å². The van der Waals surface area contributed by atoms with Crippen molar-refractivity contribution < 1.29 is 19.2 Å². The van der Waals surface area contributed by atoms with Crippen LogP contribution in [0.25, 0.3) is 0 Å². The number of carbonyl (C=O) groups excluding carboxylic acids is 4. The second-order valence-electron chi connectivity index (χ2n) is 9.76. The van der Waals surface area contributed by atoms with Crippen molar-refractivity contribution in [3.63, 3.8) is 0 Å². The summed E-state index contributed by atoms with van der Waals surface area (Å²) in [6.45, 7) is -0.210. The highest BCUT2D eigenvalue weighted by Gasteiger charge is 2.56. The third kappa shape index (κ3) is 2.66. The molecule has 6 fully saturated rings. The molecule has 4 bridgehead atoms. The van der Waals surface area contributed by atoms with Crippen LogP contribution in [0.5, 0.6) is 0 Å². The molecule has 27 heavy (non-hydrogen) atoms. The average Bonchev–Trinajstić information content (AvgIpc) is 2.85. The van der Waals surface area contributed by atoms with Gasteiger partial charge in [-0.2, -0.15) is 0 Å². The molecule has 146 valence electrons. The molecular formula is C21H28N2O4. The summed E-state index contributed by atoms with van der Waals surface area (Å²) in [7, 11) is 0. The number of ketones is 1. The first-order valence-corrected chi connectivity index (χ1v) is 10.7. The van der Waals surface area contributed by atoms with Crippen molar-refractivity contribution in [1.82, 2.24) is 9.80 Å². The van der Waals surface area contributed by atoms with E-state index < -0.39 is 17.8 Å². The first-order valence-electron chi connectivity index (χ1n) is 10.7. The monoisotopic (exact) mass is 372 g/mol. The molecule has 1 aliphatic heterocycles. The van der Waals surface area contributed by atoms with Crippen molar-refractivity contribution in [2.75, 3.05) is 6.54 Å². The maximum Gasteiger partial charge on any atom is 0.334 e. The molecule has 0 aromatic rings. The maximum absolute atomic E-state index is 13.3. The summed E-state index contributed by atoms with van der Waals surface area (Å²) in [4.78, 5) is 53.1. The predicted molar refractivity (Wildman–Crippen MR) is 96.4 cm³/mol. The SMILES string of the molecule is O=C1C(=O)N(C2CCCCC2)C(=O)N1CC(=O)C12CC3CC(CC(C3)C1)C2. The lowest BCUT2D eigenvalue weighted by Gasteiger charge is -2.56. The van der Waals surface area contributed by atoms with Crippen molar-refractivity contribution in [2.45, 2.75) is 76.7 Å². The van der Waals surface area contributed by atoms with E-state index in [1.807, 2.05) is 0 Å². The van der Waals surface area contributed by atoms with E-state index in [4.69, 9.17) is 0 Å².